The quantitative estimate of drug-likeness (QED) is 0.861. The van der Waals surface area contributed by atoms with Gasteiger partial charge in [-0.05, 0) is 30.2 Å². The van der Waals surface area contributed by atoms with Crippen molar-refractivity contribution in [3.63, 3.8) is 0 Å². The lowest BCUT2D eigenvalue weighted by Crippen LogP contribution is -2.37. The smallest absolute Gasteiger partial charge is 0.211 e. The van der Waals surface area contributed by atoms with Crippen LogP contribution in [0.15, 0.2) is 24.4 Å². The molecular weight excluding hydrogens is 291 g/mol. The molecule has 0 aliphatic heterocycles. The van der Waals surface area contributed by atoms with Gasteiger partial charge in [0.05, 0.1) is 5.75 Å². The van der Waals surface area contributed by atoms with E-state index in [1.54, 1.807) is 6.07 Å². The minimum atomic E-state index is -3.25. The predicted molar refractivity (Wildman–Crippen MR) is 83.4 cm³/mol. The molecule has 2 aromatic rings. The van der Waals surface area contributed by atoms with Crippen molar-refractivity contribution in [2.75, 3.05) is 12.3 Å². The highest BCUT2D eigenvalue weighted by molar-refractivity contribution is 7.89. The van der Waals surface area contributed by atoms with E-state index in [0.717, 1.165) is 16.5 Å². The van der Waals surface area contributed by atoms with E-state index in [4.69, 9.17) is 0 Å². The fraction of sp³-hybridized carbons (Fsp3) is 0.467. The predicted octanol–water partition coefficient (Wildman–Crippen LogP) is 2.91. The van der Waals surface area contributed by atoms with Crippen LogP contribution in [0, 0.1) is 5.82 Å². The number of H-pyrrole nitrogens is 1. The van der Waals surface area contributed by atoms with E-state index in [2.05, 4.69) is 9.71 Å². The Morgan fingerprint density at radius 2 is 2.05 bits per heavy atom. The molecule has 0 unspecified atom stereocenters. The second-order valence-corrected chi connectivity index (χ2v) is 7.84. The second-order valence-electron chi connectivity index (χ2n) is 5.92. The van der Waals surface area contributed by atoms with E-state index >= 15 is 0 Å². The van der Waals surface area contributed by atoms with Gasteiger partial charge in [0.2, 0.25) is 10.0 Å². The van der Waals surface area contributed by atoms with Crippen LogP contribution in [-0.4, -0.2) is 25.7 Å². The van der Waals surface area contributed by atoms with Gasteiger partial charge in [-0.1, -0.05) is 20.8 Å². The first-order valence-corrected chi connectivity index (χ1v) is 8.65. The van der Waals surface area contributed by atoms with Crippen LogP contribution in [0.1, 0.15) is 32.8 Å². The molecule has 0 saturated heterocycles. The van der Waals surface area contributed by atoms with Crippen LogP contribution in [-0.2, 0) is 15.4 Å². The van der Waals surface area contributed by atoms with Gasteiger partial charge in [0, 0.05) is 29.1 Å². The number of halogens is 1. The summed E-state index contributed by atoms with van der Waals surface area (Å²) in [4.78, 5) is 3.10. The fourth-order valence-electron chi connectivity index (χ4n) is 2.38. The average molecular weight is 312 g/mol. The Balaban J connectivity index is 2.27. The molecule has 0 amide bonds. The summed E-state index contributed by atoms with van der Waals surface area (Å²) in [6.07, 6.45) is 2.40. The second kappa shape index (κ2) is 5.77. The molecule has 0 fully saturated rings. The summed E-state index contributed by atoms with van der Waals surface area (Å²) in [7, 11) is -3.25. The molecule has 2 rings (SSSR count). The third kappa shape index (κ3) is 3.63. The van der Waals surface area contributed by atoms with Crippen molar-refractivity contribution in [2.24, 2.45) is 0 Å². The monoisotopic (exact) mass is 312 g/mol. The van der Waals surface area contributed by atoms with Crippen LogP contribution in [0.4, 0.5) is 4.39 Å². The first-order chi connectivity index (χ1) is 9.75. The third-order valence-electron chi connectivity index (χ3n) is 3.58. The molecule has 1 aromatic carbocycles. The van der Waals surface area contributed by atoms with Crippen LogP contribution in [0.25, 0.3) is 10.9 Å². The summed E-state index contributed by atoms with van der Waals surface area (Å²) in [5, 5.41) is 0.787. The summed E-state index contributed by atoms with van der Waals surface area (Å²) in [5.41, 5.74) is 1.31. The van der Waals surface area contributed by atoms with E-state index in [1.807, 2.05) is 27.0 Å². The summed E-state index contributed by atoms with van der Waals surface area (Å²) in [6, 6.07) is 4.56. The lowest BCUT2D eigenvalue weighted by molar-refractivity contribution is 0.504. The zero-order valence-corrected chi connectivity index (χ0v) is 13.3. The first-order valence-electron chi connectivity index (χ1n) is 6.99. The van der Waals surface area contributed by atoms with Gasteiger partial charge in [0.1, 0.15) is 5.82 Å². The topological polar surface area (TPSA) is 62.0 Å². The van der Waals surface area contributed by atoms with Crippen molar-refractivity contribution in [1.29, 1.82) is 0 Å². The maximum atomic E-state index is 13.4. The highest BCUT2D eigenvalue weighted by Crippen LogP contribution is 2.30. The van der Waals surface area contributed by atoms with E-state index in [-0.39, 0.29) is 18.1 Å². The Labute approximate surface area is 124 Å². The fourth-order valence-corrected chi connectivity index (χ4v) is 3.64. The van der Waals surface area contributed by atoms with Crippen molar-refractivity contribution in [1.82, 2.24) is 9.71 Å². The van der Waals surface area contributed by atoms with Crippen molar-refractivity contribution in [3.05, 3.63) is 35.8 Å². The number of rotatable bonds is 6. The van der Waals surface area contributed by atoms with E-state index < -0.39 is 15.4 Å². The molecule has 0 saturated carbocycles. The molecule has 21 heavy (non-hydrogen) atoms. The molecular formula is C15H21FN2O2S. The lowest BCUT2D eigenvalue weighted by Gasteiger charge is -2.24. The highest BCUT2D eigenvalue weighted by atomic mass is 32.2. The largest absolute Gasteiger partial charge is 0.361 e. The summed E-state index contributed by atoms with van der Waals surface area (Å²) < 4.78 is 39.6. The Hall–Kier alpha value is -1.40. The normalized spacial score (nSPS) is 13.0. The van der Waals surface area contributed by atoms with Crippen LogP contribution in [0.5, 0.6) is 0 Å². The van der Waals surface area contributed by atoms with Gasteiger partial charge in [-0.15, -0.1) is 0 Å². The molecule has 0 spiro atoms. The van der Waals surface area contributed by atoms with Gasteiger partial charge in [-0.2, -0.15) is 0 Å². The van der Waals surface area contributed by atoms with Crippen LogP contribution < -0.4 is 4.72 Å². The van der Waals surface area contributed by atoms with Crippen LogP contribution >= 0.6 is 0 Å². The van der Waals surface area contributed by atoms with E-state index in [9.17, 15) is 12.8 Å². The number of hydrogen-bond donors (Lipinski definition) is 2. The molecule has 0 aliphatic rings. The van der Waals surface area contributed by atoms with Crippen molar-refractivity contribution in [3.8, 4) is 0 Å². The van der Waals surface area contributed by atoms with Gasteiger partial charge in [0.25, 0.3) is 0 Å². The zero-order valence-electron chi connectivity index (χ0n) is 12.5. The molecule has 4 nitrogen and oxygen atoms in total. The summed E-state index contributed by atoms with van der Waals surface area (Å²) >= 11 is 0. The number of aromatic amines is 1. The Kier molecular flexibility index (Phi) is 4.39. The maximum absolute atomic E-state index is 13.4. The summed E-state index contributed by atoms with van der Waals surface area (Å²) in [5.74, 6) is -0.184. The van der Waals surface area contributed by atoms with Gasteiger partial charge < -0.3 is 4.98 Å². The molecule has 116 valence electrons. The molecule has 0 radical (unpaired) electrons. The van der Waals surface area contributed by atoms with Gasteiger partial charge >= 0.3 is 0 Å². The molecule has 0 bridgehead atoms. The average Bonchev–Trinajstić information content (AvgIpc) is 2.80. The molecule has 1 aromatic heterocycles. The standard InChI is InChI=1S/C15H21FN2O2S/c1-4-7-21(19,20)18-10-15(2,3)13-9-17-14-6-5-11(16)8-12(13)14/h5-6,8-9,17-18H,4,7,10H2,1-3H3. The first kappa shape index (κ1) is 16.0. The molecule has 0 atom stereocenters. The Morgan fingerprint density at radius 1 is 1.33 bits per heavy atom. The third-order valence-corrected chi connectivity index (χ3v) is 5.11. The molecule has 0 aliphatic carbocycles. The highest BCUT2D eigenvalue weighted by Gasteiger charge is 2.26. The number of hydrogen-bond acceptors (Lipinski definition) is 2. The number of sulfonamides is 1. The minimum absolute atomic E-state index is 0.117. The van der Waals surface area contributed by atoms with Crippen molar-refractivity contribution in [2.45, 2.75) is 32.6 Å². The number of fused-ring (bicyclic) bond motifs is 1. The van der Waals surface area contributed by atoms with E-state index in [1.165, 1.54) is 12.1 Å². The minimum Gasteiger partial charge on any atom is -0.361 e. The van der Waals surface area contributed by atoms with Crippen molar-refractivity contribution < 1.29 is 12.8 Å². The van der Waals surface area contributed by atoms with Crippen LogP contribution in [0.3, 0.4) is 0 Å². The molecule has 1 heterocycles. The Morgan fingerprint density at radius 3 is 2.71 bits per heavy atom. The maximum Gasteiger partial charge on any atom is 0.211 e. The Bertz CT molecular complexity index is 735. The molecule has 6 heteroatoms. The van der Waals surface area contributed by atoms with Gasteiger partial charge in [-0.3, -0.25) is 0 Å². The number of benzene rings is 1. The van der Waals surface area contributed by atoms with Gasteiger partial charge in [-0.25, -0.2) is 17.5 Å². The lowest BCUT2D eigenvalue weighted by atomic mass is 9.85. The van der Waals surface area contributed by atoms with Crippen molar-refractivity contribution >= 4 is 20.9 Å². The van der Waals surface area contributed by atoms with Gasteiger partial charge in [0.15, 0.2) is 0 Å². The van der Waals surface area contributed by atoms with Crippen LogP contribution in [0.2, 0.25) is 0 Å². The number of nitrogens with one attached hydrogen (secondary N) is 2. The molecule has 2 N–H and O–H groups in total. The number of aromatic nitrogens is 1. The zero-order chi connectivity index (χ0) is 15.7. The summed E-state index contributed by atoms with van der Waals surface area (Å²) in [6.45, 7) is 5.98. The van der Waals surface area contributed by atoms with E-state index in [0.29, 0.717) is 6.42 Å². The SMILES string of the molecule is CCCS(=O)(=O)NCC(C)(C)c1c[nH]c2ccc(F)cc12.